The first-order chi connectivity index (χ1) is 14.6. The van der Waals surface area contributed by atoms with Gasteiger partial charge in [0.2, 0.25) is 0 Å². The molecule has 7 nitrogen and oxygen atoms in total. The summed E-state index contributed by atoms with van der Waals surface area (Å²) in [5, 5.41) is 9.55. The molecule has 168 valence electrons. The molecular weight excluding hydrogens is 437 g/mol. The van der Waals surface area contributed by atoms with Crippen LogP contribution in [0, 0.1) is 0 Å². The summed E-state index contributed by atoms with van der Waals surface area (Å²) >= 11 is -3.12. The van der Waals surface area contributed by atoms with Gasteiger partial charge in [0.15, 0.2) is 0 Å². The third-order valence-corrected chi connectivity index (χ3v) is 5.71. The average Bonchev–Trinajstić information content (AvgIpc) is 2.73. The second-order valence-electron chi connectivity index (χ2n) is 6.95. The number of alkyl halides is 3. The number of aromatic carboxylic acids is 1. The van der Waals surface area contributed by atoms with E-state index in [0.717, 1.165) is 37.5 Å². The second kappa shape index (κ2) is 9.15. The van der Waals surface area contributed by atoms with Gasteiger partial charge < -0.3 is 19.3 Å². The molecule has 0 radical (unpaired) electrons. The van der Waals surface area contributed by atoms with E-state index < -0.39 is 34.5 Å². The van der Waals surface area contributed by atoms with E-state index in [9.17, 15) is 31.8 Å². The fourth-order valence-electron chi connectivity index (χ4n) is 3.54. The van der Waals surface area contributed by atoms with Gasteiger partial charge in [-0.25, -0.2) is 4.79 Å². The van der Waals surface area contributed by atoms with Crippen LogP contribution in [-0.2, 0) is 17.4 Å². The highest BCUT2D eigenvalue weighted by Gasteiger charge is 2.33. The first-order valence-electron chi connectivity index (χ1n) is 9.40. The van der Waals surface area contributed by atoms with Gasteiger partial charge in [0, 0.05) is 19.2 Å². The van der Waals surface area contributed by atoms with Gasteiger partial charge in [-0.1, -0.05) is 0 Å². The number of piperidine rings is 1. The van der Waals surface area contributed by atoms with Crippen molar-refractivity contribution in [3.05, 3.63) is 47.5 Å². The van der Waals surface area contributed by atoms with Crippen molar-refractivity contribution < 1.29 is 36.6 Å². The lowest BCUT2D eigenvalue weighted by Gasteiger charge is -2.36. The van der Waals surface area contributed by atoms with E-state index in [1.165, 1.54) is 25.3 Å². The summed E-state index contributed by atoms with van der Waals surface area (Å²) in [5.41, 5.74) is -1.76. The number of methoxy groups -OCH3 is 1. The number of carboxylic acids is 1. The van der Waals surface area contributed by atoms with Crippen LogP contribution in [0.4, 0.5) is 30.2 Å². The minimum absolute atomic E-state index is 0.155. The molecule has 1 fully saturated rings. The summed E-state index contributed by atoms with van der Waals surface area (Å²) in [6.07, 6.45) is -2.14. The Kier molecular flexibility index (Phi) is 6.75. The number of ether oxygens (including phenoxy) is 1. The summed E-state index contributed by atoms with van der Waals surface area (Å²) < 4.78 is 70.5. The fraction of sp³-hybridized carbons (Fsp3) is 0.350. The van der Waals surface area contributed by atoms with Crippen LogP contribution in [0.2, 0.25) is 0 Å². The molecule has 1 saturated heterocycles. The molecule has 2 aromatic rings. The lowest BCUT2D eigenvalue weighted by molar-refractivity contribution is -0.137. The van der Waals surface area contributed by atoms with E-state index in [2.05, 4.69) is 0 Å². The molecular formula is C20H20F3N2O5S-. The Balaban J connectivity index is 2.27. The highest BCUT2D eigenvalue weighted by atomic mass is 32.2. The zero-order valence-electron chi connectivity index (χ0n) is 16.5. The number of rotatable bonds is 6. The third kappa shape index (κ3) is 4.93. The minimum atomic E-state index is -4.71. The van der Waals surface area contributed by atoms with Gasteiger partial charge in [0.05, 0.1) is 46.6 Å². The van der Waals surface area contributed by atoms with E-state index in [-0.39, 0.29) is 22.8 Å². The number of nitrogens with zero attached hydrogens (tertiary/aromatic N) is 2. The maximum Gasteiger partial charge on any atom is 0.416 e. The predicted octanol–water partition coefficient (Wildman–Crippen LogP) is 4.33. The van der Waals surface area contributed by atoms with Crippen LogP contribution in [0.3, 0.4) is 0 Å². The SMILES string of the molecule is COc1ccc(C(=O)O)c(N(c2cc(C(F)(F)F)ccc2N2CCCCC2)S(=O)[O-])c1. The Bertz CT molecular complexity index is 993. The van der Waals surface area contributed by atoms with Crippen LogP contribution >= 0.6 is 0 Å². The number of carboxylic acid groups (broad SMARTS) is 1. The molecule has 11 heteroatoms. The zero-order valence-corrected chi connectivity index (χ0v) is 17.3. The Morgan fingerprint density at radius 3 is 2.35 bits per heavy atom. The standard InChI is InChI=1S/C20H21F3N2O5S/c1-30-14-6-7-15(19(26)27)17(12-14)25(31(28)29)18-11-13(20(21,22)23)5-8-16(18)24-9-3-2-4-10-24/h5-8,11-12H,2-4,9-10H2,1H3,(H,26,27)(H,28,29)/p-1. The number of anilines is 3. The Hall–Kier alpha value is -2.79. The normalized spacial score (nSPS) is 15.5. The maximum absolute atomic E-state index is 13.4. The first-order valence-corrected chi connectivity index (χ1v) is 10.4. The zero-order chi connectivity index (χ0) is 22.8. The van der Waals surface area contributed by atoms with Crippen LogP contribution in [0.5, 0.6) is 5.75 Å². The number of carbonyl (C=O) groups is 1. The molecule has 2 aromatic carbocycles. The number of hydrogen-bond donors (Lipinski definition) is 1. The summed E-state index contributed by atoms with van der Waals surface area (Å²) in [4.78, 5) is 13.5. The van der Waals surface area contributed by atoms with Crippen molar-refractivity contribution in [2.75, 3.05) is 29.4 Å². The Morgan fingerprint density at radius 1 is 1.13 bits per heavy atom. The summed E-state index contributed by atoms with van der Waals surface area (Å²) in [7, 11) is 1.31. The topological polar surface area (TPSA) is 93.1 Å². The molecule has 1 aliphatic rings. The fourth-order valence-corrected chi connectivity index (χ4v) is 4.16. The molecule has 1 unspecified atom stereocenters. The number of benzene rings is 2. The van der Waals surface area contributed by atoms with E-state index in [4.69, 9.17) is 4.74 Å². The molecule has 0 aromatic heterocycles. The quantitative estimate of drug-likeness (QED) is 0.649. The lowest BCUT2D eigenvalue weighted by atomic mass is 10.1. The van der Waals surface area contributed by atoms with E-state index in [1.807, 2.05) is 0 Å². The highest BCUT2D eigenvalue weighted by molar-refractivity contribution is 7.81. The van der Waals surface area contributed by atoms with Crippen molar-refractivity contribution in [2.24, 2.45) is 0 Å². The second-order valence-corrected chi connectivity index (χ2v) is 7.75. The number of halogens is 3. The van der Waals surface area contributed by atoms with Crippen molar-refractivity contribution in [1.29, 1.82) is 0 Å². The lowest BCUT2D eigenvalue weighted by Crippen LogP contribution is -2.32. The van der Waals surface area contributed by atoms with E-state index in [1.54, 1.807) is 4.90 Å². The molecule has 31 heavy (non-hydrogen) atoms. The first kappa shape index (κ1) is 22.9. The van der Waals surface area contributed by atoms with Crippen LogP contribution in [-0.4, -0.2) is 40.0 Å². The smallest absolute Gasteiger partial charge is 0.416 e. The molecule has 0 saturated carbocycles. The minimum Gasteiger partial charge on any atom is -0.755 e. The molecule has 1 heterocycles. The molecule has 1 atom stereocenters. The van der Waals surface area contributed by atoms with Crippen molar-refractivity contribution in [3.8, 4) is 5.75 Å². The largest absolute Gasteiger partial charge is 0.755 e. The maximum atomic E-state index is 13.4. The van der Waals surface area contributed by atoms with Gasteiger partial charge in [0.1, 0.15) is 5.75 Å². The van der Waals surface area contributed by atoms with Gasteiger partial charge in [-0.3, -0.25) is 8.51 Å². The van der Waals surface area contributed by atoms with Gasteiger partial charge in [-0.15, -0.1) is 0 Å². The van der Waals surface area contributed by atoms with E-state index >= 15 is 0 Å². The average molecular weight is 457 g/mol. The van der Waals surface area contributed by atoms with Gasteiger partial charge in [0.25, 0.3) is 0 Å². The summed E-state index contributed by atoms with van der Waals surface area (Å²) in [6.45, 7) is 1.09. The van der Waals surface area contributed by atoms with Crippen molar-refractivity contribution in [1.82, 2.24) is 0 Å². The summed E-state index contributed by atoms with van der Waals surface area (Å²) in [5.74, 6) is -1.28. The van der Waals surface area contributed by atoms with Crippen LogP contribution in [0.1, 0.15) is 35.2 Å². The third-order valence-electron chi connectivity index (χ3n) is 5.02. The van der Waals surface area contributed by atoms with Crippen molar-refractivity contribution in [2.45, 2.75) is 25.4 Å². The molecule has 0 aliphatic carbocycles. The van der Waals surface area contributed by atoms with Gasteiger partial charge in [-0.05, 0) is 49.6 Å². The highest BCUT2D eigenvalue weighted by Crippen LogP contribution is 2.42. The number of hydrogen-bond acceptors (Lipinski definition) is 5. The molecule has 0 spiro atoms. The monoisotopic (exact) mass is 457 g/mol. The molecule has 0 bridgehead atoms. The molecule has 1 N–H and O–H groups in total. The Labute approximate surface area is 179 Å². The van der Waals surface area contributed by atoms with Crippen LogP contribution < -0.4 is 13.9 Å². The molecule has 0 amide bonds. The predicted molar refractivity (Wildman–Crippen MR) is 109 cm³/mol. The van der Waals surface area contributed by atoms with Gasteiger partial charge in [-0.2, -0.15) is 13.2 Å². The van der Waals surface area contributed by atoms with Crippen LogP contribution in [0.25, 0.3) is 0 Å². The molecule has 1 aliphatic heterocycles. The molecule has 3 rings (SSSR count). The Morgan fingerprint density at radius 2 is 1.81 bits per heavy atom. The van der Waals surface area contributed by atoms with E-state index in [0.29, 0.717) is 17.4 Å². The van der Waals surface area contributed by atoms with Crippen LogP contribution in [0.15, 0.2) is 36.4 Å². The van der Waals surface area contributed by atoms with Crippen molar-refractivity contribution >= 4 is 34.3 Å². The van der Waals surface area contributed by atoms with Crippen molar-refractivity contribution in [3.63, 3.8) is 0 Å². The summed E-state index contributed by atoms with van der Waals surface area (Å²) in [6, 6.07) is 6.48. The van der Waals surface area contributed by atoms with Gasteiger partial charge >= 0.3 is 12.1 Å².